The summed E-state index contributed by atoms with van der Waals surface area (Å²) >= 11 is 0. The number of hydrogen-bond acceptors (Lipinski definition) is 3. The summed E-state index contributed by atoms with van der Waals surface area (Å²) in [6, 6.07) is 13.2. The molecule has 0 spiro atoms. The van der Waals surface area contributed by atoms with Gasteiger partial charge in [0.1, 0.15) is 11.5 Å². The van der Waals surface area contributed by atoms with Crippen LogP contribution in [-0.4, -0.2) is 20.1 Å². The molecule has 2 aromatic rings. The van der Waals surface area contributed by atoms with Gasteiger partial charge in [-0.1, -0.05) is 18.2 Å². The highest BCUT2D eigenvalue weighted by Crippen LogP contribution is 2.37. The summed E-state index contributed by atoms with van der Waals surface area (Å²) in [6.07, 6.45) is 0. The summed E-state index contributed by atoms with van der Waals surface area (Å²) in [7, 11) is 3.22. The lowest BCUT2D eigenvalue weighted by atomic mass is 10.0. The number of ether oxygens (including phenoxy) is 2. The van der Waals surface area contributed by atoms with E-state index in [1.54, 1.807) is 14.2 Å². The average molecular weight is 271 g/mol. The zero-order valence-electron chi connectivity index (χ0n) is 11.8. The summed E-state index contributed by atoms with van der Waals surface area (Å²) in [4.78, 5) is 11.3. The SMILES string of the molecule is COc1ccc(-c2ccccc2NC(C)=O)c(OC)c1. The molecule has 20 heavy (non-hydrogen) atoms. The second-order valence-electron chi connectivity index (χ2n) is 4.29. The maximum absolute atomic E-state index is 11.3. The van der Waals surface area contributed by atoms with Crippen LogP contribution in [-0.2, 0) is 4.79 Å². The molecule has 0 radical (unpaired) electrons. The minimum atomic E-state index is -0.107. The van der Waals surface area contributed by atoms with E-state index in [0.717, 1.165) is 22.6 Å². The number of amides is 1. The summed E-state index contributed by atoms with van der Waals surface area (Å²) in [5.74, 6) is 1.31. The van der Waals surface area contributed by atoms with Gasteiger partial charge in [-0.3, -0.25) is 4.79 Å². The molecular weight excluding hydrogens is 254 g/mol. The quantitative estimate of drug-likeness (QED) is 0.927. The molecule has 2 rings (SSSR count). The molecule has 0 unspecified atom stereocenters. The van der Waals surface area contributed by atoms with Crippen molar-refractivity contribution in [3.8, 4) is 22.6 Å². The van der Waals surface area contributed by atoms with E-state index < -0.39 is 0 Å². The number of methoxy groups -OCH3 is 2. The Kier molecular flexibility index (Phi) is 4.25. The highest BCUT2D eigenvalue weighted by Gasteiger charge is 2.11. The van der Waals surface area contributed by atoms with E-state index in [2.05, 4.69) is 5.32 Å². The van der Waals surface area contributed by atoms with Crippen molar-refractivity contribution in [3.63, 3.8) is 0 Å². The van der Waals surface area contributed by atoms with E-state index in [1.807, 2.05) is 42.5 Å². The van der Waals surface area contributed by atoms with Crippen LogP contribution in [0.1, 0.15) is 6.92 Å². The first-order chi connectivity index (χ1) is 9.65. The molecule has 0 aliphatic heterocycles. The van der Waals surface area contributed by atoms with Crippen molar-refractivity contribution in [2.24, 2.45) is 0 Å². The number of carbonyl (C=O) groups excluding carboxylic acids is 1. The third kappa shape index (κ3) is 2.91. The molecule has 0 aromatic heterocycles. The highest BCUT2D eigenvalue weighted by atomic mass is 16.5. The zero-order valence-corrected chi connectivity index (χ0v) is 11.8. The third-order valence-electron chi connectivity index (χ3n) is 2.94. The molecule has 0 saturated carbocycles. The number of hydrogen-bond donors (Lipinski definition) is 1. The van der Waals surface area contributed by atoms with Gasteiger partial charge in [0, 0.05) is 29.8 Å². The van der Waals surface area contributed by atoms with Crippen LogP contribution in [0.3, 0.4) is 0 Å². The lowest BCUT2D eigenvalue weighted by molar-refractivity contribution is -0.114. The Morgan fingerprint density at radius 3 is 2.40 bits per heavy atom. The lowest BCUT2D eigenvalue weighted by Gasteiger charge is -2.14. The molecule has 104 valence electrons. The van der Waals surface area contributed by atoms with E-state index in [4.69, 9.17) is 9.47 Å². The average Bonchev–Trinajstić information content (AvgIpc) is 2.46. The van der Waals surface area contributed by atoms with E-state index in [0.29, 0.717) is 5.75 Å². The molecule has 1 amide bonds. The Morgan fingerprint density at radius 2 is 1.75 bits per heavy atom. The molecule has 0 bridgehead atoms. The Balaban J connectivity index is 2.53. The molecule has 2 aromatic carbocycles. The van der Waals surface area contributed by atoms with Crippen LogP contribution in [0.2, 0.25) is 0 Å². The van der Waals surface area contributed by atoms with Crippen LogP contribution >= 0.6 is 0 Å². The molecule has 0 aliphatic rings. The van der Waals surface area contributed by atoms with Gasteiger partial charge in [0.2, 0.25) is 5.91 Å². The van der Waals surface area contributed by atoms with Gasteiger partial charge < -0.3 is 14.8 Å². The van der Waals surface area contributed by atoms with E-state index in [1.165, 1.54) is 6.92 Å². The summed E-state index contributed by atoms with van der Waals surface area (Å²) in [6.45, 7) is 1.49. The molecule has 0 heterocycles. The standard InChI is InChI=1S/C16H17NO3/c1-11(18)17-15-7-5-4-6-13(15)14-9-8-12(19-2)10-16(14)20-3/h4-10H,1-3H3,(H,17,18). The Bertz CT molecular complexity index is 623. The van der Waals surface area contributed by atoms with Gasteiger partial charge >= 0.3 is 0 Å². The smallest absolute Gasteiger partial charge is 0.221 e. The minimum absolute atomic E-state index is 0.107. The first kappa shape index (κ1) is 13.9. The van der Waals surface area contributed by atoms with Gasteiger partial charge in [0.05, 0.1) is 14.2 Å². The molecule has 4 heteroatoms. The van der Waals surface area contributed by atoms with Crippen LogP contribution in [0.5, 0.6) is 11.5 Å². The molecule has 0 atom stereocenters. The van der Waals surface area contributed by atoms with Crippen LogP contribution in [0.15, 0.2) is 42.5 Å². The van der Waals surface area contributed by atoms with Gasteiger partial charge in [0.25, 0.3) is 0 Å². The van der Waals surface area contributed by atoms with Crippen LogP contribution in [0, 0.1) is 0 Å². The molecule has 0 fully saturated rings. The summed E-state index contributed by atoms with van der Waals surface area (Å²) in [5.41, 5.74) is 2.56. The van der Waals surface area contributed by atoms with Crippen molar-refractivity contribution in [2.45, 2.75) is 6.92 Å². The third-order valence-corrected chi connectivity index (χ3v) is 2.94. The molecular formula is C16H17NO3. The first-order valence-corrected chi connectivity index (χ1v) is 6.24. The molecule has 4 nitrogen and oxygen atoms in total. The normalized spacial score (nSPS) is 9.95. The predicted molar refractivity (Wildman–Crippen MR) is 79.3 cm³/mol. The fourth-order valence-electron chi connectivity index (χ4n) is 2.04. The van der Waals surface area contributed by atoms with Crippen molar-refractivity contribution in [1.29, 1.82) is 0 Å². The van der Waals surface area contributed by atoms with E-state index in [-0.39, 0.29) is 5.91 Å². The fourth-order valence-corrected chi connectivity index (χ4v) is 2.04. The second kappa shape index (κ2) is 6.10. The van der Waals surface area contributed by atoms with Crippen LogP contribution < -0.4 is 14.8 Å². The first-order valence-electron chi connectivity index (χ1n) is 6.24. The van der Waals surface area contributed by atoms with Gasteiger partial charge in [-0.2, -0.15) is 0 Å². The maximum Gasteiger partial charge on any atom is 0.221 e. The van der Waals surface area contributed by atoms with Crippen molar-refractivity contribution >= 4 is 11.6 Å². The number of benzene rings is 2. The Hall–Kier alpha value is -2.49. The van der Waals surface area contributed by atoms with E-state index in [9.17, 15) is 4.79 Å². The molecule has 1 N–H and O–H groups in total. The predicted octanol–water partition coefficient (Wildman–Crippen LogP) is 3.33. The van der Waals surface area contributed by atoms with E-state index >= 15 is 0 Å². The topological polar surface area (TPSA) is 47.6 Å². The number of nitrogens with one attached hydrogen (secondary N) is 1. The Labute approximate surface area is 118 Å². The summed E-state index contributed by atoms with van der Waals surface area (Å²) in [5, 5.41) is 2.83. The van der Waals surface area contributed by atoms with Crippen molar-refractivity contribution in [1.82, 2.24) is 0 Å². The minimum Gasteiger partial charge on any atom is -0.497 e. The number of para-hydroxylation sites is 1. The number of anilines is 1. The fraction of sp³-hybridized carbons (Fsp3) is 0.188. The lowest BCUT2D eigenvalue weighted by Crippen LogP contribution is -2.07. The van der Waals surface area contributed by atoms with Gasteiger partial charge in [-0.05, 0) is 18.2 Å². The zero-order chi connectivity index (χ0) is 14.5. The van der Waals surface area contributed by atoms with Gasteiger partial charge in [-0.15, -0.1) is 0 Å². The largest absolute Gasteiger partial charge is 0.497 e. The van der Waals surface area contributed by atoms with Crippen molar-refractivity contribution < 1.29 is 14.3 Å². The van der Waals surface area contributed by atoms with Crippen LogP contribution in [0.4, 0.5) is 5.69 Å². The number of carbonyl (C=O) groups is 1. The van der Waals surface area contributed by atoms with Crippen LogP contribution in [0.25, 0.3) is 11.1 Å². The van der Waals surface area contributed by atoms with Gasteiger partial charge in [-0.25, -0.2) is 0 Å². The molecule has 0 saturated heterocycles. The number of rotatable bonds is 4. The maximum atomic E-state index is 11.3. The van der Waals surface area contributed by atoms with Crippen molar-refractivity contribution in [2.75, 3.05) is 19.5 Å². The molecule has 0 aliphatic carbocycles. The summed E-state index contributed by atoms with van der Waals surface area (Å²) < 4.78 is 10.6. The van der Waals surface area contributed by atoms with Crippen molar-refractivity contribution in [3.05, 3.63) is 42.5 Å². The van der Waals surface area contributed by atoms with Gasteiger partial charge in [0.15, 0.2) is 0 Å². The second-order valence-corrected chi connectivity index (χ2v) is 4.29. The monoisotopic (exact) mass is 271 g/mol. The highest BCUT2D eigenvalue weighted by molar-refractivity contribution is 5.95. The Morgan fingerprint density at radius 1 is 1.00 bits per heavy atom.